The molecule has 1 aromatic carbocycles. The fourth-order valence-electron chi connectivity index (χ4n) is 3.00. The van der Waals surface area contributed by atoms with E-state index < -0.39 is 0 Å². The molecule has 3 rings (SSSR count). The summed E-state index contributed by atoms with van der Waals surface area (Å²) < 4.78 is 11.0. The molecule has 0 aliphatic carbocycles. The largest absolute Gasteiger partial charge is 0.496 e. The second-order valence-corrected chi connectivity index (χ2v) is 5.57. The third-order valence-electron chi connectivity index (χ3n) is 4.01. The summed E-state index contributed by atoms with van der Waals surface area (Å²) in [5.74, 6) is 2.18. The Morgan fingerprint density at radius 1 is 1.33 bits per heavy atom. The summed E-state index contributed by atoms with van der Waals surface area (Å²) >= 11 is 0. The normalized spacial score (nSPS) is 18.8. The van der Waals surface area contributed by atoms with Gasteiger partial charge in [0.25, 0.3) is 0 Å². The summed E-state index contributed by atoms with van der Waals surface area (Å²) in [7, 11) is 1.73. The summed E-state index contributed by atoms with van der Waals surface area (Å²) in [4.78, 5) is 2.20. The SMILES string of the molecule is COc1ccccc1CC1CCCN(c2nnc(C)o2)C1. The van der Waals surface area contributed by atoms with Crippen LogP contribution in [0.5, 0.6) is 5.75 Å². The van der Waals surface area contributed by atoms with Crippen molar-refractivity contribution in [2.75, 3.05) is 25.1 Å². The number of ether oxygens (including phenoxy) is 1. The van der Waals surface area contributed by atoms with Gasteiger partial charge >= 0.3 is 6.01 Å². The number of hydrogen-bond acceptors (Lipinski definition) is 5. The van der Waals surface area contributed by atoms with Gasteiger partial charge in [0.15, 0.2) is 0 Å². The molecule has 5 heteroatoms. The third kappa shape index (κ3) is 3.17. The second-order valence-electron chi connectivity index (χ2n) is 5.57. The molecule has 1 saturated heterocycles. The Morgan fingerprint density at radius 2 is 2.19 bits per heavy atom. The first-order valence-electron chi connectivity index (χ1n) is 7.43. The Kier molecular flexibility index (Phi) is 4.08. The van der Waals surface area contributed by atoms with E-state index >= 15 is 0 Å². The highest BCUT2D eigenvalue weighted by atomic mass is 16.5. The highest BCUT2D eigenvalue weighted by Crippen LogP contribution is 2.27. The van der Waals surface area contributed by atoms with Gasteiger partial charge < -0.3 is 14.1 Å². The highest BCUT2D eigenvalue weighted by molar-refractivity contribution is 5.34. The van der Waals surface area contributed by atoms with Gasteiger partial charge in [-0.05, 0) is 36.8 Å². The molecule has 112 valence electrons. The van der Waals surface area contributed by atoms with E-state index in [9.17, 15) is 0 Å². The molecule has 0 N–H and O–H groups in total. The van der Waals surface area contributed by atoms with Crippen LogP contribution in [-0.2, 0) is 6.42 Å². The van der Waals surface area contributed by atoms with Gasteiger partial charge in [0.05, 0.1) is 7.11 Å². The van der Waals surface area contributed by atoms with Gasteiger partial charge in [-0.3, -0.25) is 0 Å². The maximum Gasteiger partial charge on any atom is 0.318 e. The minimum atomic E-state index is 0.585. The maximum atomic E-state index is 5.55. The molecule has 0 bridgehead atoms. The maximum absolute atomic E-state index is 5.55. The Balaban J connectivity index is 1.69. The number of aromatic nitrogens is 2. The quantitative estimate of drug-likeness (QED) is 0.865. The molecule has 0 radical (unpaired) electrons. The Labute approximate surface area is 124 Å². The average molecular weight is 287 g/mol. The Bertz CT molecular complexity index is 597. The number of piperidine rings is 1. The molecular weight excluding hydrogens is 266 g/mol. The van der Waals surface area contributed by atoms with E-state index in [2.05, 4.69) is 27.2 Å². The number of nitrogens with zero attached hydrogens (tertiary/aromatic N) is 3. The van der Waals surface area contributed by atoms with Crippen molar-refractivity contribution in [2.45, 2.75) is 26.2 Å². The number of aryl methyl sites for hydroxylation is 1. The van der Waals surface area contributed by atoms with Crippen molar-refractivity contribution in [3.8, 4) is 5.75 Å². The molecule has 1 aromatic heterocycles. The lowest BCUT2D eigenvalue weighted by molar-refractivity contribution is 0.374. The van der Waals surface area contributed by atoms with Crippen molar-refractivity contribution in [1.82, 2.24) is 10.2 Å². The average Bonchev–Trinajstić information content (AvgIpc) is 2.95. The van der Waals surface area contributed by atoms with Crippen molar-refractivity contribution >= 4 is 6.01 Å². The van der Waals surface area contributed by atoms with Crippen LogP contribution < -0.4 is 9.64 Å². The minimum Gasteiger partial charge on any atom is -0.496 e. The molecule has 1 atom stereocenters. The number of methoxy groups -OCH3 is 1. The van der Waals surface area contributed by atoms with Crippen LogP contribution in [0, 0.1) is 12.8 Å². The molecule has 1 fully saturated rings. The van der Waals surface area contributed by atoms with Crippen LogP contribution in [0.1, 0.15) is 24.3 Å². The summed E-state index contributed by atoms with van der Waals surface area (Å²) in [6.45, 7) is 3.77. The summed E-state index contributed by atoms with van der Waals surface area (Å²) in [5.41, 5.74) is 1.27. The van der Waals surface area contributed by atoms with E-state index in [0.29, 0.717) is 17.8 Å². The van der Waals surface area contributed by atoms with Crippen molar-refractivity contribution < 1.29 is 9.15 Å². The predicted molar refractivity (Wildman–Crippen MR) is 80.7 cm³/mol. The van der Waals surface area contributed by atoms with Gasteiger partial charge in [-0.1, -0.05) is 23.3 Å². The molecule has 1 unspecified atom stereocenters. The molecule has 0 amide bonds. The summed E-state index contributed by atoms with van der Waals surface area (Å²) in [6.07, 6.45) is 3.40. The zero-order valence-corrected chi connectivity index (χ0v) is 12.6. The van der Waals surface area contributed by atoms with E-state index in [-0.39, 0.29) is 0 Å². The summed E-state index contributed by atoms with van der Waals surface area (Å²) in [6, 6.07) is 8.90. The minimum absolute atomic E-state index is 0.585. The lowest BCUT2D eigenvalue weighted by atomic mass is 9.91. The molecule has 0 spiro atoms. The lowest BCUT2D eigenvalue weighted by Crippen LogP contribution is -2.36. The Hall–Kier alpha value is -2.04. The first-order valence-corrected chi connectivity index (χ1v) is 7.43. The first kappa shape index (κ1) is 13.9. The first-order chi connectivity index (χ1) is 10.3. The smallest absolute Gasteiger partial charge is 0.318 e. The number of anilines is 1. The van der Waals surface area contributed by atoms with Crippen LogP contribution in [0.3, 0.4) is 0 Å². The molecular formula is C16H21N3O2. The van der Waals surface area contributed by atoms with Gasteiger partial charge in [-0.25, -0.2) is 0 Å². The van der Waals surface area contributed by atoms with Gasteiger partial charge in [0, 0.05) is 20.0 Å². The van der Waals surface area contributed by atoms with Crippen molar-refractivity contribution in [3.05, 3.63) is 35.7 Å². The molecule has 5 nitrogen and oxygen atoms in total. The zero-order chi connectivity index (χ0) is 14.7. The monoisotopic (exact) mass is 287 g/mol. The van der Waals surface area contributed by atoms with Gasteiger partial charge in [-0.2, -0.15) is 0 Å². The number of hydrogen-bond donors (Lipinski definition) is 0. The predicted octanol–water partition coefficient (Wildman–Crippen LogP) is 2.85. The van der Waals surface area contributed by atoms with E-state index in [0.717, 1.165) is 31.7 Å². The number of benzene rings is 1. The zero-order valence-electron chi connectivity index (χ0n) is 12.6. The van der Waals surface area contributed by atoms with E-state index in [4.69, 9.17) is 9.15 Å². The van der Waals surface area contributed by atoms with Gasteiger partial charge in [-0.15, -0.1) is 5.10 Å². The van der Waals surface area contributed by atoms with Crippen LogP contribution >= 0.6 is 0 Å². The molecule has 0 saturated carbocycles. The topological polar surface area (TPSA) is 51.4 Å². The van der Waals surface area contributed by atoms with Crippen LogP contribution in [0.2, 0.25) is 0 Å². The highest BCUT2D eigenvalue weighted by Gasteiger charge is 2.24. The number of rotatable bonds is 4. The van der Waals surface area contributed by atoms with E-state index in [1.165, 1.54) is 12.0 Å². The lowest BCUT2D eigenvalue weighted by Gasteiger charge is -2.31. The molecule has 1 aliphatic heterocycles. The van der Waals surface area contributed by atoms with E-state index in [1.54, 1.807) is 7.11 Å². The van der Waals surface area contributed by atoms with E-state index in [1.807, 2.05) is 19.1 Å². The van der Waals surface area contributed by atoms with Crippen molar-refractivity contribution in [1.29, 1.82) is 0 Å². The molecule has 1 aliphatic rings. The molecule has 2 heterocycles. The van der Waals surface area contributed by atoms with Crippen LogP contribution in [0.4, 0.5) is 6.01 Å². The van der Waals surface area contributed by atoms with Crippen LogP contribution in [0.25, 0.3) is 0 Å². The molecule has 21 heavy (non-hydrogen) atoms. The Morgan fingerprint density at radius 3 is 2.95 bits per heavy atom. The fraction of sp³-hybridized carbons (Fsp3) is 0.500. The van der Waals surface area contributed by atoms with Crippen molar-refractivity contribution in [3.63, 3.8) is 0 Å². The van der Waals surface area contributed by atoms with Gasteiger partial charge in [0.2, 0.25) is 5.89 Å². The summed E-state index contributed by atoms with van der Waals surface area (Å²) in [5, 5.41) is 8.05. The van der Waals surface area contributed by atoms with Crippen molar-refractivity contribution in [2.24, 2.45) is 5.92 Å². The number of para-hydroxylation sites is 1. The van der Waals surface area contributed by atoms with Crippen LogP contribution in [-0.4, -0.2) is 30.4 Å². The van der Waals surface area contributed by atoms with Gasteiger partial charge in [0.1, 0.15) is 5.75 Å². The standard InChI is InChI=1S/C16H21N3O2/c1-12-17-18-16(21-12)19-9-5-6-13(11-19)10-14-7-3-4-8-15(14)20-2/h3-4,7-8,13H,5-6,9-11H2,1-2H3. The third-order valence-corrected chi connectivity index (χ3v) is 4.01. The second kappa shape index (κ2) is 6.16. The fourth-order valence-corrected chi connectivity index (χ4v) is 3.00. The molecule has 2 aromatic rings. The van der Waals surface area contributed by atoms with Crippen LogP contribution in [0.15, 0.2) is 28.7 Å².